The van der Waals surface area contributed by atoms with Crippen LogP contribution in [-0.4, -0.2) is 32.3 Å². The smallest absolute Gasteiger partial charge is 0.308 e. The summed E-state index contributed by atoms with van der Waals surface area (Å²) in [5.41, 5.74) is 0. The first-order valence-corrected chi connectivity index (χ1v) is 14.2. The summed E-state index contributed by atoms with van der Waals surface area (Å²) in [5.74, 6) is -0.314. The van der Waals surface area contributed by atoms with Crippen LogP contribution in [0.5, 0.6) is 0 Å². The summed E-state index contributed by atoms with van der Waals surface area (Å²) in [7, 11) is -7.01. The van der Waals surface area contributed by atoms with Crippen molar-refractivity contribution >= 4 is 15.2 Å². The van der Waals surface area contributed by atoms with E-state index in [1.807, 2.05) is 0 Å². The molecule has 164 valence electrons. The molecular formula is C19H42O6P2. The fraction of sp³-hybridized carbons (Fsp3) is 1.00. The Morgan fingerprint density at radius 3 is 1.26 bits per heavy atom. The lowest BCUT2D eigenvalue weighted by Gasteiger charge is -2.23. The van der Waals surface area contributed by atoms with Crippen LogP contribution in [0, 0.1) is 0 Å². The van der Waals surface area contributed by atoms with Crippen LogP contribution in [0.15, 0.2) is 0 Å². The Morgan fingerprint density at radius 1 is 0.519 bits per heavy atom. The third-order valence-electron chi connectivity index (χ3n) is 4.07. The number of rotatable bonds is 20. The molecule has 0 aromatic heterocycles. The van der Waals surface area contributed by atoms with Gasteiger partial charge in [0.15, 0.2) is 5.90 Å². The van der Waals surface area contributed by atoms with Gasteiger partial charge in [0.05, 0.1) is 26.4 Å². The molecule has 27 heavy (non-hydrogen) atoms. The maximum absolute atomic E-state index is 13.2. The molecule has 8 heteroatoms. The first-order chi connectivity index (χ1) is 12.9. The molecule has 0 aliphatic rings. The van der Waals surface area contributed by atoms with Gasteiger partial charge in [-0.3, -0.25) is 9.13 Å². The van der Waals surface area contributed by atoms with Gasteiger partial charge in [-0.15, -0.1) is 0 Å². The molecule has 0 radical (unpaired) electrons. The van der Waals surface area contributed by atoms with E-state index < -0.39 is 15.2 Å². The third-order valence-corrected chi connectivity index (χ3v) is 9.30. The lowest BCUT2D eigenvalue weighted by atomic mass is 10.2. The molecule has 0 aromatic rings. The van der Waals surface area contributed by atoms with Gasteiger partial charge in [0.2, 0.25) is 0 Å². The number of hydrogen-bond donors (Lipinski definition) is 0. The minimum absolute atomic E-state index is 0.227. The van der Waals surface area contributed by atoms with Gasteiger partial charge in [-0.25, -0.2) is 0 Å². The first-order valence-electron chi connectivity index (χ1n) is 10.7. The lowest BCUT2D eigenvalue weighted by molar-refractivity contribution is 0.192. The standard InChI is InChI=1S/C19H42O6P2/c1-5-9-11-13-15-17-24-27(21,25-18-16-14-12-10-6-2)19-26(20,22-7-3)23-8-4/h5-19H2,1-4H3. The normalized spacial score (nSPS) is 12.6. The molecule has 0 saturated carbocycles. The van der Waals surface area contributed by atoms with E-state index in [9.17, 15) is 9.13 Å². The number of unbranched alkanes of at least 4 members (excludes halogenated alkanes) is 8. The molecule has 0 saturated heterocycles. The average Bonchev–Trinajstić information content (AvgIpc) is 2.61. The Morgan fingerprint density at radius 2 is 0.889 bits per heavy atom. The molecule has 0 aliphatic carbocycles. The van der Waals surface area contributed by atoms with Crippen LogP contribution < -0.4 is 0 Å². The molecule has 6 nitrogen and oxygen atoms in total. The van der Waals surface area contributed by atoms with Crippen molar-refractivity contribution in [1.29, 1.82) is 0 Å². The van der Waals surface area contributed by atoms with Crippen molar-refractivity contribution in [2.24, 2.45) is 0 Å². The average molecular weight is 428 g/mol. The van der Waals surface area contributed by atoms with Crippen LogP contribution in [0.2, 0.25) is 0 Å². The highest BCUT2D eigenvalue weighted by Gasteiger charge is 2.38. The van der Waals surface area contributed by atoms with Crippen molar-refractivity contribution in [2.75, 3.05) is 32.3 Å². The highest BCUT2D eigenvalue weighted by atomic mass is 31.2. The Hall–Kier alpha value is 0.300. The molecular weight excluding hydrogens is 386 g/mol. The summed E-state index contributed by atoms with van der Waals surface area (Å²) in [6.45, 7) is 8.94. The maximum Gasteiger partial charge on any atom is 0.342 e. The summed E-state index contributed by atoms with van der Waals surface area (Å²) < 4.78 is 47.8. The van der Waals surface area contributed by atoms with Gasteiger partial charge in [-0.05, 0) is 26.7 Å². The van der Waals surface area contributed by atoms with E-state index in [0.29, 0.717) is 13.2 Å². The quantitative estimate of drug-likeness (QED) is 0.149. The Labute approximate surface area is 167 Å². The molecule has 0 aromatic carbocycles. The van der Waals surface area contributed by atoms with E-state index >= 15 is 0 Å². The summed E-state index contributed by atoms with van der Waals surface area (Å²) in [6.07, 6.45) is 10.7. The first kappa shape index (κ1) is 27.3. The summed E-state index contributed by atoms with van der Waals surface area (Å²) in [6, 6.07) is 0. The van der Waals surface area contributed by atoms with Crippen molar-refractivity contribution in [3.8, 4) is 0 Å². The lowest BCUT2D eigenvalue weighted by Crippen LogP contribution is -2.07. The van der Waals surface area contributed by atoms with E-state index in [-0.39, 0.29) is 19.1 Å². The van der Waals surface area contributed by atoms with Crippen molar-refractivity contribution < 1.29 is 27.2 Å². The monoisotopic (exact) mass is 428 g/mol. The topological polar surface area (TPSA) is 71.1 Å². The predicted octanol–water partition coefficient (Wildman–Crippen LogP) is 7.38. The minimum atomic E-state index is -3.52. The predicted molar refractivity (Wildman–Crippen MR) is 113 cm³/mol. The van der Waals surface area contributed by atoms with E-state index in [0.717, 1.165) is 38.5 Å². The zero-order chi connectivity index (χ0) is 20.4. The van der Waals surface area contributed by atoms with Crippen LogP contribution in [0.3, 0.4) is 0 Å². The maximum atomic E-state index is 13.2. The molecule has 0 spiro atoms. The van der Waals surface area contributed by atoms with Crippen LogP contribution in [0.1, 0.15) is 91.9 Å². The highest BCUT2D eigenvalue weighted by Crippen LogP contribution is 2.64. The zero-order valence-corrected chi connectivity index (χ0v) is 19.7. The van der Waals surface area contributed by atoms with Gasteiger partial charge in [0.25, 0.3) is 0 Å². The Balaban J connectivity index is 4.65. The molecule has 0 amide bonds. The third kappa shape index (κ3) is 14.9. The Bertz CT molecular complexity index is 400. The molecule has 0 rings (SSSR count). The van der Waals surface area contributed by atoms with Gasteiger partial charge in [-0.2, -0.15) is 0 Å². The SMILES string of the molecule is CCCCCCCOP(=O)(CP(=O)(OCC)OCC)OCCCCCCC. The fourth-order valence-corrected chi connectivity index (χ4v) is 7.42. The van der Waals surface area contributed by atoms with Gasteiger partial charge >= 0.3 is 15.2 Å². The van der Waals surface area contributed by atoms with E-state index in [1.54, 1.807) is 13.8 Å². The second-order valence-electron chi connectivity index (χ2n) is 6.69. The fourth-order valence-electron chi connectivity index (χ4n) is 2.66. The van der Waals surface area contributed by atoms with E-state index in [4.69, 9.17) is 18.1 Å². The van der Waals surface area contributed by atoms with Gasteiger partial charge in [0, 0.05) is 0 Å². The second kappa shape index (κ2) is 17.2. The van der Waals surface area contributed by atoms with Crippen LogP contribution in [0.25, 0.3) is 0 Å². The molecule has 0 bridgehead atoms. The molecule has 0 unspecified atom stereocenters. The van der Waals surface area contributed by atoms with Crippen molar-refractivity contribution in [1.82, 2.24) is 0 Å². The molecule has 0 atom stereocenters. The van der Waals surface area contributed by atoms with E-state index in [1.165, 1.54) is 25.7 Å². The highest BCUT2D eigenvalue weighted by molar-refractivity contribution is 7.71. The zero-order valence-electron chi connectivity index (χ0n) is 18.0. The molecule has 0 N–H and O–H groups in total. The summed E-state index contributed by atoms with van der Waals surface area (Å²) in [4.78, 5) is 0. The van der Waals surface area contributed by atoms with Crippen LogP contribution in [0.4, 0.5) is 0 Å². The van der Waals surface area contributed by atoms with Gasteiger partial charge < -0.3 is 18.1 Å². The van der Waals surface area contributed by atoms with Crippen molar-refractivity contribution in [3.63, 3.8) is 0 Å². The largest absolute Gasteiger partial charge is 0.342 e. The molecule has 0 aliphatic heterocycles. The second-order valence-corrected chi connectivity index (χ2v) is 11.3. The molecule has 0 fully saturated rings. The van der Waals surface area contributed by atoms with Crippen molar-refractivity contribution in [3.05, 3.63) is 0 Å². The van der Waals surface area contributed by atoms with Gasteiger partial charge in [0.1, 0.15) is 0 Å². The number of hydrogen-bond acceptors (Lipinski definition) is 6. The van der Waals surface area contributed by atoms with Crippen LogP contribution in [-0.2, 0) is 27.2 Å². The van der Waals surface area contributed by atoms with Crippen molar-refractivity contribution in [2.45, 2.75) is 91.9 Å². The van der Waals surface area contributed by atoms with Gasteiger partial charge in [-0.1, -0.05) is 65.2 Å². The van der Waals surface area contributed by atoms with Crippen LogP contribution >= 0.6 is 15.2 Å². The molecule has 0 heterocycles. The Kier molecular flexibility index (Phi) is 17.4. The summed E-state index contributed by atoms with van der Waals surface area (Å²) >= 11 is 0. The van der Waals surface area contributed by atoms with E-state index in [2.05, 4.69) is 13.8 Å². The summed E-state index contributed by atoms with van der Waals surface area (Å²) in [5, 5.41) is 0. The minimum Gasteiger partial charge on any atom is -0.308 e.